The van der Waals surface area contributed by atoms with Crippen LogP contribution in [0, 0.1) is 5.92 Å². The van der Waals surface area contributed by atoms with Crippen LogP contribution < -0.4 is 0 Å². The highest BCUT2D eigenvalue weighted by Gasteiger charge is 2.33. The third-order valence-electron chi connectivity index (χ3n) is 5.10. The summed E-state index contributed by atoms with van der Waals surface area (Å²) in [5.41, 5.74) is 2.62. The summed E-state index contributed by atoms with van der Waals surface area (Å²) in [5.74, 6) is 0.617. The highest BCUT2D eigenvalue weighted by atomic mass is 16.3. The maximum Gasteiger partial charge on any atom is 0.239 e. The topological polar surface area (TPSA) is 43.8 Å². The molecule has 0 spiro atoms. The molecule has 1 saturated carbocycles. The summed E-state index contributed by atoms with van der Waals surface area (Å²) in [6.07, 6.45) is 2.89. The van der Waals surface area contributed by atoms with Crippen molar-refractivity contribution in [2.24, 2.45) is 5.92 Å². The lowest BCUT2D eigenvalue weighted by atomic mass is 9.99. The molecule has 2 unspecified atom stereocenters. The van der Waals surface area contributed by atoms with E-state index in [9.17, 15) is 9.90 Å². The molecule has 120 valence electrons. The number of likely N-dealkylation sites (N-methyl/N-ethyl adjacent to an activating group) is 1. The van der Waals surface area contributed by atoms with Gasteiger partial charge in [0.2, 0.25) is 5.91 Å². The van der Waals surface area contributed by atoms with Gasteiger partial charge in [0.05, 0.1) is 12.1 Å². The number of carbonyl (C=O) groups is 1. The van der Waals surface area contributed by atoms with Gasteiger partial charge in [0.15, 0.2) is 0 Å². The molecular weight excluding hydrogens is 276 g/mol. The van der Waals surface area contributed by atoms with Crippen LogP contribution in [0.3, 0.4) is 0 Å². The van der Waals surface area contributed by atoms with Crippen molar-refractivity contribution in [3.8, 4) is 0 Å². The Morgan fingerprint density at radius 3 is 2.73 bits per heavy atom. The zero-order valence-electron chi connectivity index (χ0n) is 13.5. The minimum Gasteiger partial charge on any atom is -0.392 e. The minimum atomic E-state index is -0.290. The van der Waals surface area contributed by atoms with Gasteiger partial charge in [-0.05, 0) is 50.3 Å². The van der Waals surface area contributed by atoms with E-state index in [0.29, 0.717) is 19.0 Å². The van der Waals surface area contributed by atoms with Gasteiger partial charge in [-0.2, -0.15) is 0 Å². The standard InChI is InChI=1S/C18H26N2O2/c1-13(19(2)12-17(21)15-7-8-15)18(22)20-10-9-14-5-3-4-6-16(14)11-20/h3-6,13,15,17,21H,7-12H2,1-2H3. The Morgan fingerprint density at radius 1 is 1.36 bits per heavy atom. The molecule has 0 radical (unpaired) electrons. The Morgan fingerprint density at radius 2 is 2.05 bits per heavy atom. The van der Waals surface area contributed by atoms with Crippen molar-refractivity contribution in [3.05, 3.63) is 35.4 Å². The molecule has 1 heterocycles. The van der Waals surface area contributed by atoms with Crippen LogP contribution in [0.2, 0.25) is 0 Å². The molecule has 22 heavy (non-hydrogen) atoms. The van der Waals surface area contributed by atoms with Gasteiger partial charge in [0.1, 0.15) is 0 Å². The van der Waals surface area contributed by atoms with E-state index < -0.39 is 0 Å². The second-order valence-corrected chi connectivity index (χ2v) is 6.80. The van der Waals surface area contributed by atoms with Crippen LogP contribution in [0.5, 0.6) is 0 Å². The number of nitrogens with zero attached hydrogens (tertiary/aromatic N) is 2. The maximum absolute atomic E-state index is 12.7. The molecule has 1 amide bonds. The van der Waals surface area contributed by atoms with Gasteiger partial charge < -0.3 is 10.0 Å². The minimum absolute atomic E-state index is 0.167. The van der Waals surface area contributed by atoms with Gasteiger partial charge in [-0.3, -0.25) is 9.69 Å². The fourth-order valence-electron chi connectivity index (χ4n) is 3.22. The average molecular weight is 302 g/mol. The van der Waals surface area contributed by atoms with Gasteiger partial charge >= 0.3 is 0 Å². The molecule has 2 atom stereocenters. The molecule has 1 aromatic rings. The third kappa shape index (κ3) is 3.33. The van der Waals surface area contributed by atoms with Gasteiger partial charge in [-0.1, -0.05) is 24.3 Å². The van der Waals surface area contributed by atoms with E-state index in [2.05, 4.69) is 18.2 Å². The first kappa shape index (κ1) is 15.5. The number of benzene rings is 1. The fourth-order valence-corrected chi connectivity index (χ4v) is 3.22. The number of hydrogen-bond acceptors (Lipinski definition) is 3. The second kappa shape index (κ2) is 6.39. The highest BCUT2D eigenvalue weighted by molar-refractivity contribution is 5.81. The molecule has 1 N–H and O–H groups in total. The van der Waals surface area contributed by atoms with E-state index in [4.69, 9.17) is 0 Å². The zero-order chi connectivity index (χ0) is 15.7. The molecule has 0 aromatic heterocycles. The summed E-state index contributed by atoms with van der Waals surface area (Å²) in [7, 11) is 1.94. The smallest absolute Gasteiger partial charge is 0.239 e. The average Bonchev–Trinajstić information content (AvgIpc) is 3.37. The summed E-state index contributed by atoms with van der Waals surface area (Å²) in [6, 6.07) is 8.18. The van der Waals surface area contributed by atoms with Crippen molar-refractivity contribution in [1.29, 1.82) is 0 Å². The van der Waals surface area contributed by atoms with E-state index in [1.807, 2.05) is 29.8 Å². The van der Waals surface area contributed by atoms with Crippen molar-refractivity contribution in [2.75, 3.05) is 20.1 Å². The first-order valence-electron chi connectivity index (χ1n) is 8.30. The van der Waals surface area contributed by atoms with Gasteiger partial charge in [0, 0.05) is 19.6 Å². The van der Waals surface area contributed by atoms with E-state index in [1.165, 1.54) is 11.1 Å². The van der Waals surface area contributed by atoms with Crippen LogP contribution in [0.4, 0.5) is 0 Å². The first-order valence-corrected chi connectivity index (χ1v) is 8.30. The van der Waals surface area contributed by atoms with E-state index in [-0.39, 0.29) is 18.1 Å². The predicted octanol–water partition coefficient (Wildman–Crippen LogP) is 1.66. The Balaban J connectivity index is 1.58. The number of amides is 1. The van der Waals surface area contributed by atoms with Crippen molar-refractivity contribution in [1.82, 2.24) is 9.80 Å². The summed E-state index contributed by atoms with van der Waals surface area (Å²) >= 11 is 0. The Bertz CT molecular complexity index is 542. The molecular formula is C18H26N2O2. The normalized spacial score (nSPS) is 20.6. The number of aliphatic hydroxyl groups is 1. The lowest BCUT2D eigenvalue weighted by Crippen LogP contribution is -2.49. The molecule has 4 heteroatoms. The Kier molecular flexibility index (Phi) is 4.50. The molecule has 2 aliphatic rings. The Labute approximate surface area is 132 Å². The van der Waals surface area contributed by atoms with Crippen molar-refractivity contribution in [3.63, 3.8) is 0 Å². The molecule has 4 nitrogen and oxygen atoms in total. The van der Waals surface area contributed by atoms with Crippen LogP contribution in [-0.4, -0.2) is 53.1 Å². The monoisotopic (exact) mass is 302 g/mol. The third-order valence-corrected chi connectivity index (χ3v) is 5.10. The van der Waals surface area contributed by atoms with Crippen molar-refractivity contribution < 1.29 is 9.90 Å². The van der Waals surface area contributed by atoms with Crippen molar-refractivity contribution in [2.45, 2.75) is 44.9 Å². The quantitative estimate of drug-likeness (QED) is 0.900. The maximum atomic E-state index is 12.7. The van der Waals surface area contributed by atoms with Crippen LogP contribution in [0.1, 0.15) is 30.9 Å². The molecule has 1 aromatic carbocycles. The highest BCUT2D eigenvalue weighted by Crippen LogP contribution is 2.33. The van der Waals surface area contributed by atoms with E-state index in [1.54, 1.807) is 0 Å². The summed E-state index contributed by atoms with van der Waals surface area (Å²) in [6.45, 7) is 4.03. The predicted molar refractivity (Wildman–Crippen MR) is 86.4 cm³/mol. The van der Waals surface area contributed by atoms with E-state index >= 15 is 0 Å². The lowest BCUT2D eigenvalue weighted by molar-refractivity contribution is -0.137. The van der Waals surface area contributed by atoms with Crippen LogP contribution in [0.15, 0.2) is 24.3 Å². The molecule has 0 bridgehead atoms. The lowest BCUT2D eigenvalue weighted by Gasteiger charge is -2.34. The van der Waals surface area contributed by atoms with Gasteiger partial charge in [-0.25, -0.2) is 0 Å². The summed E-state index contributed by atoms with van der Waals surface area (Å²) in [4.78, 5) is 16.7. The largest absolute Gasteiger partial charge is 0.392 e. The molecule has 1 fully saturated rings. The van der Waals surface area contributed by atoms with Gasteiger partial charge in [-0.15, -0.1) is 0 Å². The second-order valence-electron chi connectivity index (χ2n) is 6.80. The summed E-state index contributed by atoms with van der Waals surface area (Å²) in [5, 5.41) is 10.1. The Hall–Kier alpha value is -1.39. The number of hydrogen-bond donors (Lipinski definition) is 1. The number of aliphatic hydroxyl groups excluding tert-OH is 1. The molecule has 3 rings (SSSR count). The van der Waals surface area contributed by atoms with E-state index in [0.717, 1.165) is 25.8 Å². The molecule has 0 saturated heterocycles. The van der Waals surface area contributed by atoms with Crippen LogP contribution >= 0.6 is 0 Å². The fraction of sp³-hybridized carbons (Fsp3) is 0.611. The van der Waals surface area contributed by atoms with Gasteiger partial charge in [0.25, 0.3) is 0 Å². The van der Waals surface area contributed by atoms with Crippen LogP contribution in [-0.2, 0) is 17.8 Å². The van der Waals surface area contributed by atoms with Crippen LogP contribution in [0.25, 0.3) is 0 Å². The van der Waals surface area contributed by atoms with Crippen molar-refractivity contribution >= 4 is 5.91 Å². The number of rotatable bonds is 5. The zero-order valence-corrected chi connectivity index (χ0v) is 13.5. The number of fused-ring (bicyclic) bond motifs is 1. The molecule has 1 aliphatic heterocycles. The summed E-state index contributed by atoms with van der Waals surface area (Å²) < 4.78 is 0. The SMILES string of the molecule is CC(C(=O)N1CCc2ccccc2C1)N(C)CC(O)C1CC1. The number of carbonyl (C=O) groups excluding carboxylic acids is 1. The molecule has 1 aliphatic carbocycles. The first-order chi connectivity index (χ1) is 10.6.